The van der Waals surface area contributed by atoms with E-state index in [1.54, 1.807) is 0 Å². The zero-order valence-corrected chi connectivity index (χ0v) is 7.21. The summed E-state index contributed by atoms with van der Waals surface area (Å²) in [5.74, 6) is 0. The molecule has 0 amide bonds. The molecule has 1 heterocycles. The molecule has 1 saturated carbocycles. The van der Waals surface area contributed by atoms with Gasteiger partial charge < -0.3 is 10.1 Å². The second-order valence-corrected chi connectivity index (χ2v) is 3.91. The Labute approximate surface area is 72.6 Å². The van der Waals surface area contributed by atoms with Crippen LogP contribution in [0.15, 0.2) is 18.5 Å². The van der Waals surface area contributed by atoms with Gasteiger partial charge in [0.25, 0.3) is 0 Å². The number of aromatic amines is 1. The SMILES string of the molecule is OCC1(Cc2cc[nH]c2)CCC1. The molecule has 0 spiro atoms. The molecule has 0 saturated heterocycles. The average molecular weight is 165 g/mol. The number of hydrogen-bond donors (Lipinski definition) is 2. The Bertz CT molecular complexity index is 231. The molecule has 0 atom stereocenters. The van der Waals surface area contributed by atoms with E-state index in [4.69, 9.17) is 0 Å². The maximum absolute atomic E-state index is 9.23. The predicted octanol–water partition coefficient (Wildman–Crippen LogP) is 1.72. The van der Waals surface area contributed by atoms with Crippen LogP contribution >= 0.6 is 0 Å². The molecule has 0 bridgehead atoms. The first kappa shape index (κ1) is 7.87. The van der Waals surface area contributed by atoms with E-state index in [2.05, 4.69) is 11.1 Å². The first-order valence-corrected chi connectivity index (χ1v) is 4.57. The Balaban J connectivity index is 2.01. The highest BCUT2D eigenvalue weighted by Gasteiger charge is 2.36. The summed E-state index contributed by atoms with van der Waals surface area (Å²) in [6, 6.07) is 2.09. The molecule has 2 rings (SSSR count). The summed E-state index contributed by atoms with van der Waals surface area (Å²) in [7, 11) is 0. The summed E-state index contributed by atoms with van der Waals surface area (Å²) >= 11 is 0. The molecule has 66 valence electrons. The van der Waals surface area contributed by atoms with E-state index in [0.717, 1.165) is 6.42 Å². The summed E-state index contributed by atoms with van der Waals surface area (Å²) in [5.41, 5.74) is 1.55. The molecule has 1 fully saturated rings. The summed E-state index contributed by atoms with van der Waals surface area (Å²) in [4.78, 5) is 3.04. The third kappa shape index (κ3) is 1.27. The lowest BCUT2D eigenvalue weighted by Crippen LogP contribution is -2.35. The van der Waals surface area contributed by atoms with E-state index in [9.17, 15) is 5.11 Å². The van der Waals surface area contributed by atoms with Gasteiger partial charge in [0.15, 0.2) is 0 Å². The Hall–Kier alpha value is -0.760. The Morgan fingerprint density at radius 2 is 2.33 bits per heavy atom. The van der Waals surface area contributed by atoms with Gasteiger partial charge in [-0.2, -0.15) is 0 Å². The quantitative estimate of drug-likeness (QED) is 0.703. The standard InChI is InChI=1S/C10H15NO/c12-8-10(3-1-4-10)6-9-2-5-11-7-9/h2,5,7,11-12H,1,3-4,6,8H2. The smallest absolute Gasteiger partial charge is 0.0490 e. The van der Waals surface area contributed by atoms with E-state index in [0.29, 0.717) is 6.61 Å². The van der Waals surface area contributed by atoms with Crippen LogP contribution in [-0.2, 0) is 6.42 Å². The van der Waals surface area contributed by atoms with Crippen molar-refractivity contribution in [2.75, 3.05) is 6.61 Å². The number of nitrogens with one attached hydrogen (secondary N) is 1. The number of aromatic nitrogens is 1. The molecule has 0 aromatic carbocycles. The van der Waals surface area contributed by atoms with E-state index in [1.807, 2.05) is 12.4 Å². The molecule has 1 aliphatic rings. The van der Waals surface area contributed by atoms with Gasteiger partial charge in [-0.15, -0.1) is 0 Å². The zero-order valence-electron chi connectivity index (χ0n) is 7.21. The lowest BCUT2D eigenvalue weighted by atomic mass is 9.66. The van der Waals surface area contributed by atoms with Gasteiger partial charge in [-0.05, 0) is 36.3 Å². The third-order valence-electron chi connectivity index (χ3n) is 2.99. The van der Waals surface area contributed by atoms with Crippen LogP contribution in [0.2, 0.25) is 0 Å². The molecule has 0 unspecified atom stereocenters. The fraction of sp³-hybridized carbons (Fsp3) is 0.600. The van der Waals surface area contributed by atoms with E-state index in [-0.39, 0.29) is 5.41 Å². The van der Waals surface area contributed by atoms with Crippen molar-refractivity contribution in [2.45, 2.75) is 25.7 Å². The predicted molar refractivity (Wildman–Crippen MR) is 47.9 cm³/mol. The highest BCUT2D eigenvalue weighted by molar-refractivity contribution is 5.12. The van der Waals surface area contributed by atoms with Gasteiger partial charge in [0.1, 0.15) is 0 Å². The molecule has 2 nitrogen and oxygen atoms in total. The lowest BCUT2D eigenvalue weighted by molar-refractivity contribution is 0.0451. The van der Waals surface area contributed by atoms with Gasteiger partial charge in [0, 0.05) is 19.0 Å². The van der Waals surface area contributed by atoms with Gasteiger partial charge in [-0.3, -0.25) is 0 Å². The molecule has 1 aromatic heterocycles. The highest BCUT2D eigenvalue weighted by atomic mass is 16.3. The largest absolute Gasteiger partial charge is 0.396 e. The highest BCUT2D eigenvalue weighted by Crippen LogP contribution is 2.42. The van der Waals surface area contributed by atoms with Crippen LogP contribution in [0.4, 0.5) is 0 Å². The number of hydrogen-bond acceptors (Lipinski definition) is 1. The number of aliphatic hydroxyl groups is 1. The minimum absolute atomic E-state index is 0.224. The van der Waals surface area contributed by atoms with Crippen molar-refractivity contribution < 1.29 is 5.11 Å². The van der Waals surface area contributed by atoms with Gasteiger partial charge >= 0.3 is 0 Å². The maximum Gasteiger partial charge on any atom is 0.0490 e. The monoisotopic (exact) mass is 165 g/mol. The summed E-state index contributed by atoms with van der Waals surface area (Å²) in [6.07, 6.45) is 8.66. The fourth-order valence-corrected chi connectivity index (χ4v) is 1.97. The minimum atomic E-state index is 0.224. The van der Waals surface area contributed by atoms with Crippen LogP contribution in [0.3, 0.4) is 0 Å². The number of H-pyrrole nitrogens is 1. The van der Waals surface area contributed by atoms with Crippen molar-refractivity contribution in [1.29, 1.82) is 0 Å². The maximum atomic E-state index is 9.23. The Morgan fingerprint density at radius 1 is 1.50 bits per heavy atom. The van der Waals surface area contributed by atoms with Crippen LogP contribution in [0.5, 0.6) is 0 Å². The van der Waals surface area contributed by atoms with Crippen molar-refractivity contribution in [2.24, 2.45) is 5.41 Å². The number of rotatable bonds is 3. The van der Waals surface area contributed by atoms with E-state index >= 15 is 0 Å². The lowest BCUT2D eigenvalue weighted by Gasteiger charge is -2.40. The van der Waals surface area contributed by atoms with Gasteiger partial charge in [-0.25, -0.2) is 0 Å². The van der Waals surface area contributed by atoms with Crippen molar-refractivity contribution in [3.63, 3.8) is 0 Å². The average Bonchev–Trinajstić information content (AvgIpc) is 2.49. The molecule has 1 aromatic rings. The van der Waals surface area contributed by atoms with Gasteiger partial charge in [0.05, 0.1) is 0 Å². The van der Waals surface area contributed by atoms with Crippen molar-refractivity contribution in [3.8, 4) is 0 Å². The van der Waals surface area contributed by atoms with Gasteiger partial charge in [0.2, 0.25) is 0 Å². The van der Waals surface area contributed by atoms with Gasteiger partial charge in [-0.1, -0.05) is 6.42 Å². The molecular weight excluding hydrogens is 150 g/mol. The summed E-state index contributed by atoms with van der Waals surface area (Å²) < 4.78 is 0. The summed E-state index contributed by atoms with van der Waals surface area (Å²) in [6.45, 7) is 0.345. The molecular formula is C10H15NO. The Morgan fingerprint density at radius 3 is 2.75 bits per heavy atom. The van der Waals surface area contributed by atoms with Crippen LogP contribution in [0.25, 0.3) is 0 Å². The van der Waals surface area contributed by atoms with Crippen LogP contribution in [0, 0.1) is 5.41 Å². The fourth-order valence-electron chi connectivity index (χ4n) is 1.97. The molecule has 0 aliphatic heterocycles. The molecule has 12 heavy (non-hydrogen) atoms. The van der Waals surface area contributed by atoms with E-state index < -0.39 is 0 Å². The molecule has 2 heteroatoms. The zero-order chi connectivity index (χ0) is 8.44. The minimum Gasteiger partial charge on any atom is -0.396 e. The summed E-state index contributed by atoms with van der Waals surface area (Å²) in [5, 5.41) is 9.23. The first-order chi connectivity index (χ1) is 5.85. The van der Waals surface area contributed by atoms with Crippen molar-refractivity contribution in [1.82, 2.24) is 4.98 Å². The molecule has 1 aliphatic carbocycles. The van der Waals surface area contributed by atoms with Crippen LogP contribution in [0.1, 0.15) is 24.8 Å². The molecule has 2 N–H and O–H groups in total. The van der Waals surface area contributed by atoms with E-state index in [1.165, 1.54) is 24.8 Å². The topological polar surface area (TPSA) is 36.0 Å². The number of aliphatic hydroxyl groups excluding tert-OH is 1. The molecule has 0 radical (unpaired) electrons. The van der Waals surface area contributed by atoms with Crippen LogP contribution < -0.4 is 0 Å². The normalized spacial score (nSPS) is 20.4. The third-order valence-corrected chi connectivity index (χ3v) is 2.99. The van der Waals surface area contributed by atoms with Crippen molar-refractivity contribution in [3.05, 3.63) is 24.0 Å². The first-order valence-electron chi connectivity index (χ1n) is 4.57. The van der Waals surface area contributed by atoms with Crippen molar-refractivity contribution >= 4 is 0 Å². The Kier molecular flexibility index (Phi) is 1.93. The second kappa shape index (κ2) is 2.94. The van der Waals surface area contributed by atoms with Crippen LogP contribution in [-0.4, -0.2) is 16.7 Å². The second-order valence-electron chi connectivity index (χ2n) is 3.91.